The molecule has 2 rings (SSSR count). The maximum Gasteiger partial charge on any atom is 0.0452 e. The van der Waals surface area contributed by atoms with Gasteiger partial charge in [-0.3, -0.25) is 4.98 Å². The van der Waals surface area contributed by atoms with Crippen LogP contribution in [0.2, 0.25) is 0 Å². The molecule has 1 aromatic heterocycles. The number of aromatic nitrogens is 1. The second-order valence-corrected chi connectivity index (χ2v) is 3.84. The van der Waals surface area contributed by atoms with Gasteiger partial charge in [-0.05, 0) is 34.0 Å². The van der Waals surface area contributed by atoms with Crippen molar-refractivity contribution in [3.05, 3.63) is 28.0 Å². The Labute approximate surface area is 98.3 Å². The van der Waals surface area contributed by atoms with Crippen LogP contribution in [-0.2, 0) is 12.8 Å². The molecule has 1 unspecified atom stereocenters. The predicted octanol–water partition coefficient (Wildman–Crippen LogP) is 2.11. The van der Waals surface area contributed by atoms with Gasteiger partial charge < -0.3 is 5.73 Å². The number of hydrogen-bond acceptors (Lipinski definition) is 2. The van der Waals surface area contributed by atoms with Crippen LogP contribution in [0.3, 0.4) is 0 Å². The first kappa shape index (κ1) is 13.2. The van der Waals surface area contributed by atoms with Gasteiger partial charge in [0.05, 0.1) is 0 Å². The Morgan fingerprint density at radius 1 is 1.38 bits per heavy atom. The lowest BCUT2D eigenvalue weighted by Crippen LogP contribution is -2.19. The summed E-state index contributed by atoms with van der Waals surface area (Å²) in [5, 5.41) is 0. The molecule has 1 heterocycles. The highest BCUT2D eigenvalue weighted by molar-refractivity contribution is 9.10. The van der Waals surface area contributed by atoms with Crippen molar-refractivity contribution in [2.45, 2.75) is 18.9 Å². The molecule has 0 radical (unpaired) electrons. The van der Waals surface area contributed by atoms with Crippen molar-refractivity contribution < 1.29 is 0 Å². The van der Waals surface area contributed by atoms with Gasteiger partial charge in [-0.1, -0.05) is 0 Å². The van der Waals surface area contributed by atoms with E-state index in [1.807, 2.05) is 6.20 Å². The minimum absolute atomic E-state index is 0. The van der Waals surface area contributed by atoms with E-state index in [0.717, 1.165) is 17.3 Å². The predicted molar refractivity (Wildman–Crippen MR) is 61.8 cm³/mol. The molecule has 0 spiro atoms. The first-order valence-electron chi connectivity index (χ1n) is 3.64. The van der Waals surface area contributed by atoms with Gasteiger partial charge in [-0.15, -0.1) is 24.8 Å². The third-order valence-corrected chi connectivity index (χ3v) is 2.40. The molecule has 2 N–H and O–H groups in total. The molecule has 0 aromatic carbocycles. The molecule has 74 valence electrons. The monoisotopic (exact) mass is 284 g/mol. The molecule has 1 aliphatic carbocycles. The molecular formula is C8H11BrCl2N2. The van der Waals surface area contributed by atoms with Gasteiger partial charge in [-0.2, -0.15) is 0 Å². The van der Waals surface area contributed by atoms with Crippen molar-refractivity contribution in [3.63, 3.8) is 0 Å². The molecule has 0 aliphatic heterocycles. The lowest BCUT2D eigenvalue weighted by atomic mass is 10.2. The zero-order chi connectivity index (χ0) is 7.84. The highest BCUT2D eigenvalue weighted by Gasteiger charge is 2.18. The molecule has 1 aromatic rings. The van der Waals surface area contributed by atoms with E-state index < -0.39 is 0 Å². The Morgan fingerprint density at radius 3 is 2.77 bits per heavy atom. The lowest BCUT2D eigenvalue weighted by molar-refractivity contribution is 0.716. The summed E-state index contributed by atoms with van der Waals surface area (Å²) in [7, 11) is 0. The van der Waals surface area contributed by atoms with Crippen LogP contribution in [0.25, 0.3) is 0 Å². The zero-order valence-corrected chi connectivity index (χ0v) is 10.1. The van der Waals surface area contributed by atoms with Crippen LogP contribution in [0.1, 0.15) is 11.3 Å². The number of nitrogens with two attached hydrogens (primary N) is 1. The van der Waals surface area contributed by atoms with E-state index in [1.54, 1.807) is 0 Å². The van der Waals surface area contributed by atoms with Crippen LogP contribution >= 0.6 is 40.7 Å². The van der Waals surface area contributed by atoms with Crippen LogP contribution in [0.5, 0.6) is 0 Å². The molecule has 13 heavy (non-hydrogen) atoms. The molecule has 5 heteroatoms. The number of pyridine rings is 1. The van der Waals surface area contributed by atoms with E-state index in [4.69, 9.17) is 5.73 Å². The first-order chi connectivity index (χ1) is 5.25. The van der Waals surface area contributed by atoms with Gasteiger partial charge in [0.15, 0.2) is 0 Å². The minimum Gasteiger partial charge on any atom is -0.327 e. The van der Waals surface area contributed by atoms with Crippen LogP contribution in [-0.4, -0.2) is 11.0 Å². The van der Waals surface area contributed by atoms with Gasteiger partial charge >= 0.3 is 0 Å². The van der Waals surface area contributed by atoms with E-state index >= 15 is 0 Å². The van der Waals surface area contributed by atoms with E-state index in [-0.39, 0.29) is 30.9 Å². The topological polar surface area (TPSA) is 38.9 Å². The van der Waals surface area contributed by atoms with Crippen molar-refractivity contribution in [1.29, 1.82) is 0 Å². The molecule has 1 aliphatic rings. The van der Waals surface area contributed by atoms with Crippen molar-refractivity contribution in [2.24, 2.45) is 5.73 Å². The summed E-state index contributed by atoms with van der Waals surface area (Å²) in [5.41, 5.74) is 8.25. The van der Waals surface area contributed by atoms with Crippen LogP contribution < -0.4 is 5.73 Å². The summed E-state index contributed by atoms with van der Waals surface area (Å²) in [6.07, 6.45) is 3.74. The number of halogens is 3. The molecular weight excluding hydrogens is 275 g/mol. The second kappa shape index (κ2) is 5.15. The Hall–Kier alpha value is 0.170. The molecule has 0 amide bonds. The summed E-state index contributed by atoms with van der Waals surface area (Å²) in [6.45, 7) is 0. The number of rotatable bonds is 0. The summed E-state index contributed by atoms with van der Waals surface area (Å²) >= 11 is 3.38. The average molecular weight is 286 g/mol. The van der Waals surface area contributed by atoms with E-state index in [9.17, 15) is 0 Å². The fraction of sp³-hybridized carbons (Fsp3) is 0.375. The summed E-state index contributed by atoms with van der Waals surface area (Å²) in [5.74, 6) is 0. The van der Waals surface area contributed by atoms with Gasteiger partial charge in [0.1, 0.15) is 0 Å². The van der Waals surface area contributed by atoms with Gasteiger partial charge in [0, 0.05) is 28.8 Å². The molecule has 0 fully saturated rings. The average Bonchev–Trinajstić information content (AvgIpc) is 2.27. The first-order valence-corrected chi connectivity index (χ1v) is 4.44. The molecule has 0 saturated carbocycles. The third-order valence-electron chi connectivity index (χ3n) is 1.96. The Balaban J connectivity index is 0.000000720. The Morgan fingerprint density at radius 2 is 2.08 bits per heavy atom. The Kier molecular flexibility index (Phi) is 5.22. The van der Waals surface area contributed by atoms with Crippen molar-refractivity contribution >= 4 is 40.7 Å². The van der Waals surface area contributed by atoms with Crippen molar-refractivity contribution in [1.82, 2.24) is 4.98 Å². The largest absolute Gasteiger partial charge is 0.327 e. The van der Waals surface area contributed by atoms with Gasteiger partial charge in [0.25, 0.3) is 0 Å². The fourth-order valence-corrected chi connectivity index (χ4v) is 1.85. The Bertz CT molecular complexity index is 293. The summed E-state index contributed by atoms with van der Waals surface area (Å²) < 4.78 is 1.05. The highest BCUT2D eigenvalue weighted by atomic mass is 79.9. The molecule has 1 atom stereocenters. The van der Waals surface area contributed by atoms with E-state index in [0.29, 0.717) is 0 Å². The van der Waals surface area contributed by atoms with E-state index in [1.165, 1.54) is 11.3 Å². The number of hydrogen-bond donors (Lipinski definition) is 1. The van der Waals surface area contributed by atoms with Gasteiger partial charge in [0.2, 0.25) is 0 Å². The standard InChI is InChI=1S/C8H9BrN2.2ClH/c9-6-1-5-2-7(10)3-8(5)11-4-6;;/h1,4,7H,2-3,10H2;2*1H. The maximum atomic E-state index is 5.78. The number of nitrogens with zero attached hydrogens (tertiary/aromatic N) is 1. The number of fused-ring (bicyclic) bond motifs is 1. The molecule has 0 saturated heterocycles. The fourth-order valence-electron chi connectivity index (χ4n) is 1.47. The lowest BCUT2D eigenvalue weighted by Gasteiger charge is -1.95. The molecule has 0 bridgehead atoms. The van der Waals surface area contributed by atoms with Gasteiger partial charge in [-0.25, -0.2) is 0 Å². The maximum absolute atomic E-state index is 5.78. The smallest absolute Gasteiger partial charge is 0.0452 e. The normalized spacial score (nSPS) is 18.5. The summed E-state index contributed by atoms with van der Waals surface area (Å²) in [6, 6.07) is 2.39. The SMILES string of the molecule is Cl.Cl.NC1Cc2cc(Br)cnc2C1. The summed E-state index contributed by atoms with van der Waals surface area (Å²) in [4.78, 5) is 4.28. The van der Waals surface area contributed by atoms with Crippen molar-refractivity contribution in [2.75, 3.05) is 0 Å². The quantitative estimate of drug-likeness (QED) is 0.793. The highest BCUT2D eigenvalue weighted by Crippen LogP contribution is 2.21. The van der Waals surface area contributed by atoms with Crippen molar-refractivity contribution in [3.8, 4) is 0 Å². The van der Waals surface area contributed by atoms with Crippen LogP contribution in [0, 0.1) is 0 Å². The second-order valence-electron chi connectivity index (χ2n) is 2.93. The minimum atomic E-state index is 0. The molecule has 2 nitrogen and oxygen atoms in total. The van der Waals surface area contributed by atoms with E-state index in [2.05, 4.69) is 27.0 Å². The van der Waals surface area contributed by atoms with Crippen LogP contribution in [0.15, 0.2) is 16.7 Å². The van der Waals surface area contributed by atoms with Crippen LogP contribution in [0.4, 0.5) is 0 Å². The third kappa shape index (κ3) is 2.81. The zero-order valence-electron chi connectivity index (χ0n) is 6.87.